The zero-order valence-corrected chi connectivity index (χ0v) is 11.4. The normalized spacial score (nSPS) is 25.4. The van der Waals surface area contributed by atoms with Crippen molar-refractivity contribution in [3.8, 4) is 0 Å². The molecule has 0 spiro atoms. The van der Waals surface area contributed by atoms with Crippen LogP contribution in [0.3, 0.4) is 0 Å². The first-order chi connectivity index (χ1) is 8.89. The standard InChI is InChI=1S/C9H13ClN4O4S/c10-7-4-19(17,18)5-8(7)11-9(16)2-14-1-6(3-15)12-13-14/h1,7-8,15H,2-5H2,(H,11,16). The third-order valence-corrected chi connectivity index (χ3v) is 5.06. The summed E-state index contributed by atoms with van der Waals surface area (Å²) in [4.78, 5) is 11.7. The molecule has 1 aromatic heterocycles. The van der Waals surface area contributed by atoms with Crippen LogP contribution in [0.5, 0.6) is 0 Å². The van der Waals surface area contributed by atoms with Crippen molar-refractivity contribution >= 4 is 27.3 Å². The number of hydrogen-bond donors (Lipinski definition) is 2. The maximum absolute atomic E-state index is 11.7. The van der Waals surface area contributed by atoms with Crippen LogP contribution in [0.2, 0.25) is 0 Å². The van der Waals surface area contributed by atoms with Crippen LogP contribution in [0.4, 0.5) is 0 Å². The molecule has 10 heteroatoms. The third kappa shape index (κ3) is 3.64. The predicted octanol–water partition coefficient (Wildman–Crippen LogP) is -1.71. The number of hydrogen-bond acceptors (Lipinski definition) is 6. The van der Waals surface area contributed by atoms with Crippen molar-refractivity contribution in [3.63, 3.8) is 0 Å². The Morgan fingerprint density at radius 2 is 2.32 bits per heavy atom. The van der Waals surface area contributed by atoms with Crippen LogP contribution in [0, 0.1) is 0 Å². The Bertz CT molecular complexity index is 573. The molecule has 1 aliphatic heterocycles. The van der Waals surface area contributed by atoms with Gasteiger partial charge < -0.3 is 10.4 Å². The Balaban J connectivity index is 1.91. The van der Waals surface area contributed by atoms with E-state index in [9.17, 15) is 13.2 Å². The molecule has 2 atom stereocenters. The summed E-state index contributed by atoms with van der Waals surface area (Å²) < 4.78 is 23.9. The van der Waals surface area contributed by atoms with E-state index >= 15 is 0 Å². The number of aromatic nitrogens is 3. The Morgan fingerprint density at radius 3 is 2.84 bits per heavy atom. The van der Waals surface area contributed by atoms with Crippen molar-refractivity contribution in [1.29, 1.82) is 0 Å². The van der Waals surface area contributed by atoms with E-state index in [1.54, 1.807) is 0 Å². The highest BCUT2D eigenvalue weighted by Gasteiger charge is 2.37. The first-order valence-corrected chi connectivity index (χ1v) is 7.79. The van der Waals surface area contributed by atoms with Crippen molar-refractivity contribution in [2.45, 2.75) is 24.6 Å². The van der Waals surface area contributed by atoms with Gasteiger partial charge in [0.1, 0.15) is 12.2 Å². The number of halogens is 1. The fourth-order valence-corrected chi connectivity index (χ4v) is 4.37. The average Bonchev–Trinajstić information content (AvgIpc) is 2.83. The summed E-state index contributed by atoms with van der Waals surface area (Å²) in [6.45, 7) is -0.362. The molecule has 1 saturated heterocycles. The molecule has 2 N–H and O–H groups in total. The Kier molecular flexibility index (Phi) is 4.07. The second kappa shape index (κ2) is 5.43. The van der Waals surface area contributed by atoms with Gasteiger partial charge in [0.05, 0.1) is 35.7 Å². The quantitative estimate of drug-likeness (QED) is 0.640. The molecule has 1 aromatic rings. The summed E-state index contributed by atoms with van der Waals surface area (Å²) in [7, 11) is -3.18. The topological polar surface area (TPSA) is 114 Å². The molecule has 0 saturated carbocycles. The molecule has 0 radical (unpaired) electrons. The lowest BCUT2D eigenvalue weighted by Gasteiger charge is -2.13. The number of carbonyl (C=O) groups is 1. The van der Waals surface area contributed by atoms with Gasteiger partial charge in [0.2, 0.25) is 5.91 Å². The fraction of sp³-hybridized carbons (Fsp3) is 0.667. The second-order valence-electron chi connectivity index (χ2n) is 4.33. The number of alkyl halides is 1. The van der Waals surface area contributed by atoms with E-state index in [2.05, 4.69) is 15.6 Å². The molecule has 1 amide bonds. The summed E-state index contributed by atoms with van der Waals surface area (Å²) in [5.41, 5.74) is 0.353. The fourth-order valence-electron chi connectivity index (χ4n) is 1.82. The van der Waals surface area contributed by atoms with Crippen LogP contribution in [0.25, 0.3) is 0 Å². The number of rotatable bonds is 4. The molecule has 1 aliphatic rings. The van der Waals surface area contributed by atoms with E-state index in [0.717, 1.165) is 0 Å². The summed E-state index contributed by atoms with van der Waals surface area (Å²) in [5.74, 6) is -0.675. The van der Waals surface area contributed by atoms with Gasteiger partial charge in [-0.15, -0.1) is 16.7 Å². The van der Waals surface area contributed by atoms with Crippen LogP contribution in [-0.4, -0.2) is 57.4 Å². The molecule has 106 valence electrons. The maximum Gasteiger partial charge on any atom is 0.242 e. The van der Waals surface area contributed by atoms with Crippen LogP contribution in [-0.2, 0) is 27.8 Å². The molecule has 19 heavy (non-hydrogen) atoms. The molecule has 1 fully saturated rings. The van der Waals surface area contributed by atoms with Crippen LogP contribution < -0.4 is 5.32 Å². The van der Waals surface area contributed by atoms with E-state index in [1.165, 1.54) is 10.9 Å². The van der Waals surface area contributed by atoms with Gasteiger partial charge in [-0.2, -0.15) is 0 Å². The summed E-state index contributed by atoms with van der Waals surface area (Å²) in [6.07, 6.45) is 1.43. The van der Waals surface area contributed by atoms with Crippen molar-refractivity contribution in [1.82, 2.24) is 20.3 Å². The highest BCUT2D eigenvalue weighted by Crippen LogP contribution is 2.17. The van der Waals surface area contributed by atoms with Gasteiger partial charge in [0.15, 0.2) is 9.84 Å². The highest BCUT2D eigenvalue weighted by molar-refractivity contribution is 7.91. The van der Waals surface area contributed by atoms with E-state index in [-0.39, 0.29) is 24.7 Å². The minimum absolute atomic E-state index is 0.104. The van der Waals surface area contributed by atoms with Crippen LogP contribution >= 0.6 is 11.6 Å². The molecule has 2 unspecified atom stereocenters. The molecule has 2 heterocycles. The van der Waals surface area contributed by atoms with E-state index in [1.807, 2.05) is 0 Å². The molecule has 0 aliphatic carbocycles. The number of nitrogens with one attached hydrogen (secondary N) is 1. The minimum Gasteiger partial charge on any atom is -0.390 e. The minimum atomic E-state index is -3.18. The van der Waals surface area contributed by atoms with E-state index in [0.29, 0.717) is 5.69 Å². The van der Waals surface area contributed by atoms with Crippen molar-refractivity contribution in [2.24, 2.45) is 0 Å². The summed E-state index contributed by atoms with van der Waals surface area (Å²) >= 11 is 5.87. The largest absolute Gasteiger partial charge is 0.390 e. The maximum atomic E-state index is 11.7. The molecule has 8 nitrogen and oxygen atoms in total. The van der Waals surface area contributed by atoms with Gasteiger partial charge in [-0.1, -0.05) is 5.21 Å². The van der Waals surface area contributed by atoms with Gasteiger partial charge in [0, 0.05) is 0 Å². The Hall–Kier alpha value is -1.19. The lowest BCUT2D eigenvalue weighted by Crippen LogP contribution is -2.42. The zero-order chi connectivity index (χ0) is 14.0. The van der Waals surface area contributed by atoms with E-state index < -0.39 is 27.2 Å². The van der Waals surface area contributed by atoms with Crippen molar-refractivity contribution < 1.29 is 18.3 Å². The molecule has 0 aromatic carbocycles. The van der Waals surface area contributed by atoms with Gasteiger partial charge in [-0.3, -0.25) is 4.79 Å². The van der Waals surface area contributed by atoms with Crippen LogP contribution in [0.1, 0.15) is 5.69 Å². The smallest absolute Gasteiger partial charge is 0.242 e. The van der Waals surface area contributed by atoms with Gasteiger partial charge >= 0.3 is 0 Å². The number of aliphatic hydroxyl groups is 1. The first kappa shape index (κ1) is 14.2. The molecule has 0 bridgehead atoms. The van der Waals surface area contributed by atoms with Crippen molar-refractivity contribution in [3.05, 3.63) is 11.9 Å². The Labute approximate surface area is 114 Å². The number of amides is 1. The SMILES string of the molecule is O=C(Cn1cc(CO)nn1)NC1CS(=O)(=O)CC1Cl. The predicted molar refractivity (Wildman–Crippen MR) is 66.2 cm³/mol. The summed E-state index contributed by atoms with van der Waals surface area (Å²) in [5, 5.41) is 18.0. The van der Waals surface area contributed by atoms with Crippen LogP contribution in [0.15, 0.2) is 6.20 Å². The number of aliphatic hydroxyl groups excluding tert-OH is 1. The van der Waals surface area contributed by atoms with Gasteiger partial charge in [0.25, 0.3) is 0 Å². The second-order valence-corrected chi connectivity index (χ2v) is 7.05. The molecular formula is C9H13ClN4O4S. The lowest BCUT2D eigenvalue weighted by molar-refractivity contribution is -0.122. The highest BCUT2D eigenvalue weighted by atomic mass is 35.5. The zero-order valence-electron chi connectivity index (χ0n) is 9.86. The number of nitrogens with zero attached hydrogens (tertiary/aromatic N) is 3. The lowest BCUT2D eigenvalue weighted by atomic mass is 10.2. The van der Waals surface area contributed by atoms with Crippen molar-refractivity contribution in [2.75, 3.05) is 11.5 Å². The summed E-state index contributed by atoms with van der Waals surface area (Å²) in [6, 6.07) is -0.583. The number of carbonyl (C=O) groups excluding carboxylic acids is 1. The first-order valence-electron chi connectivity index (χ1n) is 5.53. The Morgan fingerprint density at radius 1 is 1.58 bits per heavy atom. The van der Waals surface area contributed by atoms with Gasteiger partial charge in [-0.25, -0.2) is 13.1 Å². The third-order valence-electron chi connectivity index (χ3n) is 2.68. The molecule has 2 rings (SSSR count). The number of sulfone groups is 1. The monoisotopic (exact) mass is 308 g/mol. The molecular weight excluding hydrogens is 296 g/mol. The van der Waals surface area contributed by atoms with Gasteiger partial charge in [-0.05, 0) is 0 Å². The average molecular weight is 309 g/mol. The van der Waals surface area contributed by atoms with E-state index in [4.69, 9.17) is 16.7 Å².